The largest absolute Gasteiger partial charge is 0.393 e. The second-order valence-electron chi connectivity index (χ2n) is 7.79. The van der Waals surface area contributed by atoms with E-state index in [9.17, 15) is 5.11 Å². The molecule has 2 nitrogen and oxygen atoms in total. The van der Waals surface area contributed by atoms with E-state index in [1.54, 1.807) is 0 Å². The van der Waals surface area contributed by atoms with Crippen LogP contribution in [0.2, 0.25) is 0 Å². The van der Waals surface area contributed by atoms with Crippen LogP contribution < -0.4 is 0 Å². The van der Waals surface area contributed by atoms with Crippen LogP contribution in [0.15, 0.2) is 0 Å². The predicted octanol–water partition coefficient (Wildman–Crippen LogP) is 2.91. The first-order valence-corrected chi connectivity index (χ1v) is 7.91. The molecule has 104 valence electrons. The summed E-state index contributed by atoms with van der Waals surface area (Å²) in [5.74, 6) is 3.17. The third kappa shape index (κ3) is 2.60. The topological polar surface area (TPSA) is 23.5 Å². The van der Waals surface area contributed by atoms with E-state index in [-0.39, 0.29) is 6.10 Å². The number of aliphatic hydroxyl groups is 1. The highest BCUT2D eigenvalue weighted by Gasteiger charge is 2.50. The van der Waals surface area contributed by atoms with Crippen molar-refractivity contribution < 1.29 is 5.11 Å². The van der Waals surface area contributed by atoms with Gasteiger partial charge < -0.3 is 10.0 Å². The zero-order chi connectivity index (χ0) is 12.8. The Labute approximate surface area is 112 Å². The lowest BCUT2D eigenvalue weighted by Crippen LogP contribution is -2.50. The van der Waals surface area contributed by atoms with Crippen molar-refractivity contribution >= 4 is 0 Å². The maximum atomic E-state index is 9.40. The van der Waals surface area contributed by atoms with Gasteiger partial charge in [0.15, 0.2) is 0 Å². The molecule has 2 heteroatoms. The normalized spacial score (nSPS) is 43.7. The van der Waals surface area contributed by atoms with Crippen LogP contribution in [0.4, 0.5) is 0 Å². The molecular weight excluding hydrogens is 222 g/mol. The van der Waals surface area contributed by atoms with E-state index < -0.39 is 0 Å². The molecule has 0 saturated heterocycles. The van der Waals surface area contributed by atoms with Crippen LogP contribution in [0.25, 0.3) is 0 Å². The maximum absolute atomic E-state index is 9.40. The molecule has 4 saturated carbocycles. The zero-order valence-corrected chi connectivity index (χ0v) is 12.1. The molecule has 4 bridgehead atoms. The van der Waals surface area contributed by atoms with Crippen molar-refractivity contribution in [2.45, 2.75) is 58.0 Å². The fourth-order valence-corrected chi connectivity index (χ4v) is 5.54. The van der Waals surface area contributed by atoms with Gasteiger partial charge in [0.1, 0.15) is 0 Å². The summed E-state index contributed by atoms with van der Waals surface area (Å²) in [6.07, 6.45) is 9.88. The van der Waals surface area contributed by atoms with E-state index in [4.69, 9.17) is 0 Å². The second kappa shape index (κ2) is 4.79. The van der Waals surface area contributed by atoms with Crippen molar-refractivity contribution in [3.05, 3.63) is 0 Å². The van der Waals surface area contributed by atoms with Crippen molar-refractivity contribution in [3.63, 3.8) is 0 Å². The van der Waals surface area contributed by atoms with Crippen LogP contribution in [0.1, 0.15) is 51.9 Å². The SMILES string of the molecule is CC(O)CCN(C)CC12CC3CC(CC(C3)C1)C2. The van der Waals surface area contributed by atoms with E-state index in [1.165, 1.54) is 45.1 Å². The van der Waals surface area contributed by atoms with E-state index in [1.807, 2.05) is 6.92 Å². The van der Waals surface area contributed by atoms with Gasteiger partial charge >= 0.3 is 0 Å². The first kappa shape index (κ1) is 12.9. The molecule has 0 aromatic rings. The van der Waals surface area contributed by atoms with Gasteiger partial charge in [-0.2, -0.15) is 0 Å². The van der Waals surface area contributed by atoms with E-state index in [0.29, 0.717) is 5.41 Å². The van der Waals surface area contributed by atoms with E-state index in [2.05, 4.69) is 11.9 Å². The molecule has 0 aromatic heterocycles. The average molecular weight is 251 g/mol. The van der Waals surface area contributed by atoms with Crippen molar-refractivity contribution in [1.82, 2.24) is 4.90 Å². The molecule has 18 heavy (non-hydrogen) atoms. The summed E-state index contributed by atoms with van der Waals surface area (Å²) < 4.78 is 0. The Kier molecular flexibility index (Phi) is 3.44. The molecule has 0 heterocycles. The standard InChI is InChI=1S/C16H29NO/c1-12(18)3-4-17(2)11-16-8-13-5-14(9-16)7-15(6-13)10-16/h12-15,18H,3-11H2,1-2H3. The van der Waals surface area contributed by atoms with Crippen molar-refractivity contribution in [2.24, 2.45) is 23.2 Å². The van der Waals surface area contributed by atoms with Crippen molar-refractivity contribution in [2.75, 3.05) is 20.1 Å². The van der Waals surface area contributed by atoms with Crippen LogP contribution in [0, 0.1) is 23.2 Å². The van der Waals surface area contributed by atoms with Crippen LogP contribution >= 0.6 is 0 Å². The van der Waals surface area contributed by atoms with Crippen molar-refractivity contribution in [3.8, 4) is 0 Å². The number of hydrogen-bond acceptors (Lipinski definition) is 2. The minimum Gasteiger partial charge on any atom is -0.393 e. The number of aliphatic hydroxyl groups excluding tert-OH is 1. The van der Waals surface area contributed by atoms with Gasteiger partial charge in [-0.15, -0.1) is 0 Å². The molecule has 1 atom stereocenters. The summed E-state index contributed by atoms with van der Waals surface area (Å²) in [5.41, 5.74) is 0.655. The van der Waals surface area contributed by atoms with Crippen LogP contribution in [-0.2, 0) is 0 Å². The quantitative estimate of drug-likeness (QED) is 0.812. The van der Waals surface area contributed by atoms with Gasteiger partial charge in [-0.3, -0.25) is 0 Å². The van der Waals surface area contributed by atoms with Gasteiger partial charge in [-0.25, -0.2) is 0 Å². The lowest BCUT2D eigenvalue weighted by atomic mass is 9.49. The molecule has 4 fully saturated rings. The number of rotatable bonds is 5. The molecule has 0 amide bonds. The lowest BCUT2D eigenvalue weighted by Gasteiger charge is -2.57. The monoisotopic (exact) mass is 251 g/mol. The predicted molar refractivity (Wildman–Crippen MR) is 74.4 cm³/mol. The molecule has 0 aliphatic heterocycles. The molecule has 0 radical (unpaired) electrons. The molecular formula is C16H29NO. The van der Waals surface area contributed by atoms with Crippen molar-refractivity contribution in [1.29, 1.82) is 0 Å². The van der Waals surface area contributed by atoms with Crippen LogP contribution in [0.5, 0.6) is 0 Å². The summed E-state index contributed by atoms with van der Waals surface area (Å²) in [6.45, 7) is 4.24. The van der Waals surface area contributed by atoms with Gasteiger partial charge in [0.2, 0.25) is 0 Å². The average Bonchev–Trinajstić information content (AvgIpc) is 2.23. The molecule has 4 aliphatic carbocycles. The first-order valence-electron chi connectivity index (χ1n) is 7.91. The zero-order valence-electron chi connectivity index (χ0n) is 12.1. The summed E-state index contributed by atoms with van der Waals surface area (Å²) in [6, 6.07) is 0. The first-order chi connectivity index (χ1) is 8.55. The van der Waals surface area contributed by atoms with Gasteiger partial charge in [-0.05, 0) is 82.1 Å². The lowest BCUT2D eigenvalue weighted by molar-refractivity contribution is -0.0668. The fourth-order valence-electron chi connectivity index (χ4n) is 5.54. The molecule has 4 rings (SSSR count). The van der Waals surface area contributed by atoms with Gasteiger partial charge in [0.05, 0.1) is 6.10 Å². The molecule has 4 aliphatic rings. The highest BCUT2D eigenvalue weighted by Crippen LogP contribution is 2.60. The summed E-state index contributed by atoms with van der Waals surface area (Å²) in [4.78, 5) is 2.49. The Balaban J connectivity index is 1.58. The maximum Gasteiger partial charge on any atom is 0.0524 e. The Morgan fingerprint density at radius 3 is 2.06 bits per heavy atom. The third-order valence-corrected chi connectivity index (χ3v) is 5.70. The fraction of sp³-hybridized carbons (Fsp3) is 1.00. The Morgan fingerprint density at radius 2 is 1.61 bits per heavy atom. The van der Waals surface area contributed by atoms with Gasteiger partial charge in [0, 0.05) is 13.1 Å². The molecule has 0 spiro atoms. The van der Waals surface area contributed by atoms with E-state index >= 15 is 0 Å². The minimum atomic E-state index is -0.149. The second-order valence-corrected chi connectivity index (χ2v) is 7.79. The Morgan fingerprint density at radius 1 is 1.11 bits per heavy atom. The summed E-state index contributed by atoms with van der Waals surface area (Å²) in [7, 11) is 2.25. The highest BCUT2D eigenvalue weighted by molar-refractivity contribution is 5.02. The molecule has 1 N–H and O–H groups in total. The Hall–Kier alpha value is -0.0800. The summed E-state index contributed by atoms with van der Waals surface area (Å²) in [5, 5.41) is 9.40. The third-order valence-electron chi connectivity index (χ3n) is 5.70. The van der Waals surface area contributed by atoms with Crippen LogP contribution in [-0.4, -0.2) is 36.2 Å². The summed E-state index contributed by atoms with van der Waals surface area (Å²) >= 11 is 0. The molecule has 0 aromatic carbocycles. The molecule has 1 unspecified atom stereocenters. The minimum absolute atomic E-state index is 0.149. The van der Waals surface area contributed by atoms with E-state index in [0.717, 1.165) is 30.7 Å². The van der Waals surface area contributed by atoms with Crippen LogP contribution in [0.3, 0.4) is 0 Å². The highest BCUT2D eigenvalue weighted by atomic mass is 16.3. The van der Waals surface area contributed by atoms with Gasteiger partial charge in [-0.1, -0.05) is 0 Å². The number of nitrogens with zero attached hydrogens (tertiary/aromatic N) is 1. The van der Waals surface area contributed by atoms with Gasteiger partial charge in [0.25, 0.3) is 0 Å². The smallest absolute Gasteiger partial charge is 0.0524 e. The Bertz CT molecular complexity index is 264. The number of hydrogen-bond donors (Lipinski definition) is 1.